The lowest BCUT2D eigenvalue weighted by molar-refractivity contribution is 0.0955. The van der Waals surface area contributed by atoms with Crippen LogP contribution in [0.2, 0.25) is 0 Å². The van der Waals surface area contributed by atoms with Crippen LogP contribution in [0.1, 0.15) is 35.6 Å². The maximum absolute atomic E-state index is 13.8. The van der Waals surface area contributed by atoms with Crippen molar-refractivity contribution in [2.45, 2.75) is 27.2 Å². The minimum atomic E-state index is -0.680. The zero-order chi connectivity index (χ0) is 16.3. The molecule has 0 spiro atoms. The number of carbonyl (C=O) groups excluding carboxylic acids is 1. The number of hydrogen-bond acceptors (Lipinski definition) is 3. The molecule has 1 aromatic heterocycles. The molecule has 0 saturated carbocycles. The number of nitrogens with one attached hydrogen (secondary N) is 1. The van der Waals surface area contributed by atoms with E-state index in [2.05, 4.69) is 24.1 Å². The molecule has 1 N–H and O–H groups in total. The second-order valence-electron chi connectivity index (χ2n) is 5.47. The van der Waals surface area contributed by atoms with Gasteiger partial charge in [0, 0.05) is 6.54 Å². The van der Waals surface area contributed by atoms with Crippen molar-refractivity contribution in [1.82, 2.24) is 10.3 Å². The molecule has 1 heterocycles. The van der Waals surface area contributed by atoms with Crippen LogP contribution in [-0.2, 0) is 0 Å². The van der Waals surface area contributed by atoms with E-state index in [1.807, 2.05) is 0 Å². The van der Waals surface area contributed by atoms with Crippen LogP contribution < -0.4 is 5.32 Å². The Balaban J connectivity index is 2.23. The number of amides is 1. The number of aromatic nitrogens is 1. The minimum Gasteiger partial charge on any atom is -0.351 e. The zero-order valence-corrected chi connectivity index (χ0v) is 13.6. The molecule has 0 bridgehead atoms. The Kier molecular flexibility index (Phi) is 5.24. The molecule has 0 unspecified atom stereocenters. The van der Waals surface area contributed by atoms with E-state index in [9.17, 15) is 13.6 Å². The predicted molar refractivity (Wildman–Crippen MR) is 84.0 cm³/mol. The normalized spacial score (nSPS) is 11.0. The number of aryl methyl sites for hydroxylation is 1. The number of benzene rings is 1. The fraction of sp³-hybridized carbons (Fsp3) is 0.375. The van der Waals surface area contributed by atoms with E-state index < -0.39 is 11.6 Å². The van der Waals surface area contributed by atoms with E-state index in [0.717, 1.165) is 17.8 Å². The Morgan fingerprint density at radius 2 is 1.95 bits per heavy atom. The van der Waals surface area contributed by atoms with Crippen LogP contribution in [-0.4, -0.2) is 17.4 Å². The van der Waals surface area contributed by atoms with Gasteiger partial charge in [0.15, 0.2) is 0 Å². The first-order chi connectivity index (χ1) is 10.4. The molecule has 0 aliphatic heterocycles. The van der Waals surface area contributed by atoms with Crippen molar-refractivity contribution in [2.24, 2.45) is 5.92 Å². The summed E-state index contributed by atoms with van der Waals surface area (Å²) in [4.78, 5) is 16.7. The molecule has 1 amide bonds. The maximum atomic E-state index is 13.8. The summed E-state index contributed by atoms with van der Waals surface area (Å²) < 4.78 is 27.6. The summed E-state index contributed by atoms with van der Waals surface area (Å²) in [5, 5.41) is 2.99. The number of carbonyl (C=O) groups is 1. The lowest BCUT2D eigenvalue weighted by Crippen LogP contribution is -2.25. The van der Waals surface area contributed by atoms with Crippen LogP contribution in [0.4, 0.5) is 8.78 Å². The van der Waals surface area contributed by atoms with Crippen LogP contribution in [0.25, 0.3) is 10.6 Å². The van der Waals surface area contributed by atoms with Crippen molar-refractivity contribution in [3.8, 4) is 10.6 Å². The summed E-state index contributed by atoms with van der Waals surface area (Å²) in [5.74, 6) is -1.12. The lowest BCUT2D eigenvalue weighted by atomic mass is 10.1. The first-order valence-electron chi connectivity index (χ1n) is 7.10. The van der Waals surface area contributed by atoms with Crippen molar-refractivity contribution in [3.63, 3.8) is 0 Å². The molecular weight excluding hydrogens is 306 g/mol. The third-order valence-electron chi connectivity index (χ3n) is 3.19. The molecule has 0 aliphatic carbocycles. The molecule has 0 fully saturated rings. The van der Waals surface area contributed by atoms with Gasteiger partial charge in [0.2, 0.25) is 0 Å². The lowest BCUT2D eigenvalue weighted by Gasteiger charge is -2.06. The molecular formula is C16H18F2N2OS. The SMILES string of the molecule is Cc1nc(-c2c(F)cccc2F)sc1C(=O)NCCC(C)C. The molecule has 6 heteroatoms. The highest BCUT2D eigenvalue weighted by molar-refractivity contribution is 7.17. The largest absolute Gasteiger partial charge is 0.351 e. The summed E-state index contributed by atoms with van der Waals surface area (Å²) >= 11 is 1.00. The van der Waals surface area contributed by atoms with Gasteiger partial charge in [0.25, 0.3) is 5.91 Å². The van der Waals surface area contributed by atoms with Gasteiger partial charge in [-0.05, 0) is 31.4 Å². The van der Waals surface area contributed by atoms with Crippen LogP contribution in [0.3, 0.4) is 0 Å². The smallest absolute Gasteiger partial charge is 0.263 e. The number of rotatable bonds is 5. The van der Waals surface area contributed by atoms with Crippen LogP contribution in [0, 0.1) is 24.5 Å². The van der Waals surface area contributed by atoms with Crippen LogP contribution >= 0.6 is 11.3 Å². The predicted octanol–water partition coefficient (Wildman–Crippen LogP) is 4.17. The molecule has 1 aromatic carbocycles. The Hall–Kier alpha value is -1.82. The average Bonchev–Trinajstić information content (AvgIpc) is 2.80. The summed E-state index contributed by atoms with van der Waals surface area (Å²) in [6.07, 6.45) is 0.873. The number of hydrogen-bond donors (Lipinski definition) is 1. The molecule has 3 nitrogen and oxygen atoms in total. The third-order valence-corrected chi connectivity index (χ3v) is 4.36. The van der Waals surface area contributed by atoms with E-state index in [1.54, 1.807) is 6.92 Å². The van der Waals surface area contributed by atoms with Gasteiger partial charge in [0.1, 0.15) is 21.5 Å². The van der Waals surface area contributed by atoms with Gasteiger partial charge in [0.05, 0.1) is 11.3 Å². The molecule has 0 radical (unpaired) electrons. The second-order valence-corrected chi connectivity index (χ2v) is 6.47. The monoisotopic (exact) mass is 324 g/mol. The molecule has 0 atom stereocenters. The van der Waals surface area contributed by atoms with Gasteiger partial charge in [-0.15, -0.1) is 11.3 Å². The minimum absolute atomic E-state index is 0.183. The van der Waals surface area contributed by atoms with Crippen molar-refractivity contribution in [3.05, 3.63) is 40.4 Å². The van der Waals surface area contributed by atoms with Gasteiger partial charge < -0.3 is 5.32 Å². The van der Waals surface area contributed by atoms with Crippen molar-refractivity contribution in [2.75, 3.05) is 6.54 Å². The number of thiazole rings is 1. The zero-order valence-electron chi connectivity index (χ0n) is 12.7. The van der Waals surface area contributed by atoms with Gasteiger partial charge >= 0.3 is 0 Å². The van der Waals surface area contributed by atoms with Gasteiger partial charge in [-0.3, -0.25) is 4.79 Å². The first kappa shape index (κ1) is 16.5. The first-order valence-corrected chi connectivity index (χ1v) is 7.91. The highest BCUT2D eigenvalue weighted by atomic mass is 32.1. The van der Waals surface area contributed by atoms with E-state index >= 15 is 0 Å². The highest BCUT2D eigenvalue weighted by Gasteiger charge is 2.20. The maximum Gasteiger partial charge on any atom is 0.263 e. The van der Waals surface area contributed by atoms with E-state index in [4.69, 9.17) is 0 Å². The molecule has 118 valence electrons. The Morgan fingerprint density at radius 1 is 1.32 bits per heavy atom. The molecule has 2 aromatic rings. The average molecular weight is 324 g/mol. The Bertz CT molecular complexity index is 663. The topological polar surface area (TPSA) is 42.0 Å². The van der Waals surface area contributed by atoms with E-state index in [-0.39, 0.29) is 16.5 Å². The second kappa shape index (κ2) is 6.96. The van der Waals surface area contributed by atoms with Crippen molar-refractivity contribution < 1.29 is 13.6 Å². The highest BCUT2D eigenvalue weighted by Crippen LogP contribution is 2.31. The fourth-order valence-electron chi connectivity index (χ4n) is 1.97. The number of nitrogens with zero attached hydrogens (tertiary/aromatic N) is 1. The van der Waals surface area contributed by atoms with Gasteiger partial charge in [-0.1, -0.05) is 19.9 Å². The molecule has 2 rings (SSSR count). The quantitative estimate of drug-likeness (QED) is 0.897. The van der Waals surface area contributed by atoms with Gasteiger partial charge in [-0.2, -0.15) is 0 Å². The Labute approximate surface area is 132 Å². The van der Waals surface area contributed by atoms with Crippen LogP contribution in [0.5, 0.6) is 0 Å². The number of halogens is 2. The fourth-order valence-corrected chi connectivity index (χ4v) is 3.00. The molecule has 22 heavy (non-hydrogen) atoms. The van der Waals surface area contributed by atoms with Crippen LogP contribution in [0.15, 0.2) is 18.2 Å². The van der Waals surface area contributed by atoms with Crippen molar-refractivity contribution in [1.29, 1.82) is 0 Å². The third kappa shape index (κ3) is 3.68. The van der Waals surface area contributed by atoms with E-state index in [1.165, 1.54) is 18.2 Å². The van der Waals surface area contributed by atoms with Gasteiger partial charge in [-0.25, -0.2) is 13.8 Å². The molecule has 0 saturated heterocycles. The van der Waals surface area contributed by atoms with Crippen molar-refractivity contribution >= 4 is 17.2 Å². The summed E-state index contributed by atoms with van der Waals surface area (Å²) in [6, 6.07) is 3.66. The Morgan fingerprint density at radius 3 is 2.55 bits per heavy atom. The molecule has 0 aliphatic rings. The van der Waals surface area contributed by atoms with E-state index in [0.29, 0.717) is 23.0 Å². The summed E-state index contributed by atoms with van der Waals surface area (Å²) in [5.41, 5.74) is 0.293. The summed E-state index contributed by atoms with van der Waals surface area (Å²) in [7, 11) is 0. The standard InChI is InChI=1S/C16H18F2N2OS/c1-9(2)7-8-19-15(21)14-10(3)20-16(22-14)13-11(17)5-4-6-12(13)18/h4-6,9H,7-8H2,1-3H3,(H,19,21). The summed E-state index contributed by atoms with van der Waals surface area (Å²) in [6.45, 7) is 6.37.